The molecule has 0 fully saturated rings. The van der Waals surface area contributed by atoms with Gasteiger partial charge in [0.05, 0.1) is 10.4 Å². The van der Waals surface area contributed by atoms with Gasteiger partial charge in [-0.15, -0.1) is 11.3 Å². The van der Waals surface area contributed by atoms with Gasteiger partial charge in [0.2, 0.25) is 5.91 Å². The van der Waals surface area contributed by atoms with E-state index in [-0.39, 0.29) is 12.3 Å². The molecule has 1 aromatic carbocycles. The summed E-state index contributed by atoms with van der Waals surface area (Å²) in [6.45, 7) is 4.61. The molecule has 4 rings (SSSR count). The number of nitrogens with one attached hydrogen (secondary N) is 2. The van der Waals surface area contributed by atoms with E-state index in [1.54, 1.807) is 29.8 Å². The van der Waals surface area contributed by atoms with Gasteiger partial charge in [-0.1, -0.05) is 41.4 Å². The quantitative estimate of drug-likeness (QED) is 0.418. The Kier molecular flexibility index (Phi) is 5.92. The molecule has 4 aromatic rings. The molecule has 30 heavy (non-hydrogen) atoms. The second kappa shape index (κ2) is 8.77. The molecule has 0 aliphatic carbocycles. The highest BCUT2D eigenvalue weighted by Gasteiger charge is 2.16. The molecule has 0 radical (unpaired) electrons. The normalized spacial score (nSPS) is 10.9. The number of aryl methyl sites for hydroxylation is 2. The van der Waals surface area contributed by atoms with E-state index in [1.165, 1.54) is 16.6 Å². The van der Waals surface area contributed by atoms with Crippen LogP contribution in [-0.2, 0) is 4.79 Å². The first kappa shape index (κ1) is 20.3. The van der Waals surface area contributed by atoms with Gasteiger partial charge in [0.15, 0.2) is 0 Å². The van der Waals surface area contributed by atoms with Crippen LogP contribution >= 0.6 is 22.9 Å². The summed E-state index contributed by atoms with van der Waals surface area (Å²) in [7, 11) is 0. The molecule has 0 aliphatic heterocycles. The molecule has 0 atom stereocenters. The van der Waals surface area contributed by atoms with Gasteiger partial charge in [-0.05, 0) is 31.5 Å². The standard InChI is InChI=1S/C22H20ClN5OS/c1-13-3-5-15(6-4-13)19-14(2)30-22-20(19)21(26-12-27-22)24-10-9-18(29)28-17-8-7-16(23)11-25-17/h3-8,11-12H,9-10H2,1-2H3,(H,24,26,27)(H,25,28,29). The van der Waals surface area contributed by atoms with Crippen LogP contribution in [0.2, 0.25) is 5.02 Å². The lowest BCUT2D eigenvalue weighted by molar-refractivity contribution is -0.116. The number of anilines is 2. The van der Waals surface area contributed by atoms with Crippen molar-refractivity contribution in [3.63, 3.8) is 0 Å². The van der Waals surface area contributed by atoms with Gasteiger partial charge in [0.1, 0.15) is 22.8 Å². The number of aromatic nitrogens is 3. The molecular weight excluding hydrogens is 418 g/mol. The summed E-state index contributed by atoms with van der Waals surface area (Å²) in [5.41, 5.74) is 3.48. The third-order valence-corrected chi connectivity index (χ3v) is 5.88. The Morgan fingerprint density at radius 2 is 1.87 bits per heavy atom. The molecule has 3 heterocycles. The minimum Gasteiger partial charge on any atom is -0.369 e. The van der Waals surface area contributed by atoms with Crippen LogP contribution in [0.15, 0.2) is 48.9 Å². The van der Waals surface area contributed by atoms with Crippen molar-refractivity contribution < 1.29 is 4.79 Å². The smallest absolute Gasteiger partial charge is 0.227 e. The zero-order valence-electron chi connectivity index (χ0n) is 16.6. The molecule has 0 aliphatic rings. The van der Waals surface area contributed by atoms with E-state index in [9.17, 15) is 4.79 Å². The predicted octanol–water partition coefficient (Wildman–Crippen LogP) is 5.46. The highest BCUT2D eigenvalue weighted by Crippen LogP contribution is 2.40. The number of rotatable bonds is 6. The van der Waals surface area contributed by atoms with Crippen molar-refractivity contribution in [1.29, 1.82) is 0 Å². The van der Waals surface area contributed by atoms with E-state index in [0.717, 1.165) is 27.2 Å². The van der Waals surface area contributed by atoms with Gasteiger partial charge in [-0.2, -0.15) is 0 Å². The molecule has 3 aromatic heterocycles. The van der Waals surface area contributed by atoms with Crippen molar-refractivity contribution in [2.24, 2.45) is 0 Å². The van der Waals surface area contributed by atoms with Crippen LogP contribution < -0.4 is 10.6 Å². The first-order valence-corrected chi connectivity index (χ1v) is 10.7. The number of amides is 1. The summed E-state index contributed by atoms with van der Waals surface area (Å²) in [6, 6.07) is 11.8. The second-order valence-corrected chi connectivity index (χ2v) is 8.53. The number of hydrogen-bond acceptors (Lipinski definition) is 6. The fourth-order valence-electron chi connectivity index (χ4n) is 3.20. The number of halogens is 1. The molecule has 8 heteroatoms. The lowest BCUT2D eigenvalue weighted by atomic mass is 10.0. The number of hydrogen-bond donors (Lipinski definition) is 2. The Labute approximate surface area is 183 Å². The van der Waals surface area contributed by atoms with Crippen molar-refractivity contribution in [2.75, 3.05) is 17.2 Å². The molecule has 6 nitrogen and oxygen atoms in total. The molecule has 1 amide bonds. The topological polar surface area (TPSA) is 79.8 Å². The molecule has 0 bridgehead atoms. The first-order valence-electron chi connectivity index (χ1n) is 9.47. The number of carbonyl (C=O) groups is 1. The summed E-state index contributed by atoms with van der Waals surface area (Å²) >= 11 is 7.46. The lowest BCUT2D eigenvalue weighted by Gasteiger charge is -2.09. The molecule has 0 saturated heterocycles. The van der Waals surface area contributed by atoms with Crippen LogP contribution in [0.4, 0.5) is 11.6 Å². The van der Waals surface area contributed by atoms with Crippen molar-refractivity contribution in [2.45, 2.75) is 20.3 Å². The number of thiophene rings is 1. The summed E-state index contributed by atoms with van der Waals surface area (Å²) in [5.74, 6) is 1.07. The monoisotopic (exact) mass is 437 g/mol. The predicted molar refractivity (Wildman–Crippen MR) is 123 cm³/mol. The maximum Gasteiger partial charge on any atom is 0.227 e. The summed E-state index contributed by atoms with van der Waals surface area (Å²) < 4.78 is 0. The van der Waals surface area contributed by atoms with E-state index in [1.807, 2.05) is 0 Å². The SMILES string of the molecule is Cc1ccc(-c2c(C)sc3ncnc(NCCC(=O)Nc4ccc(Cl)cn4)c23)cc1. The third-order valence-electron chi connectivity index (χ3n) is 4.64. The van der Waals surface area contributed by atoms with E-state index >= 15 is 0 Å². The Morgan fingerprint density at radius 1 is 1.07 bits per heavy atom. The number of fused-ring (bicyclic) bond motifs is 1. The highest BCUT2D eigenvalue weighted by atomic mass is 35.5. The summed E-state index contributed by atoms with van der Waals surface area (Å²) in [4.78, 5) is 27.3. The average molecular weight is 438 g/mol. The van der Waals surface area contributed by atoms with Gasteiger partial charge in [0, 0.05) is 29.6 Å². The van der Waals surface area contributed by atoms with Crippen molar-refractivity contribution >= 4 is 50.7 Å². The molecule has 152 valence electrons. The van der Waals surface area contributed by atoms with E-state index in [2.05, 4.69) is 63.7 Å². The Hall–Kier alpha value is -3.03. The van der Waals surface area contributed by atoms with Crippen LogP contribution in [0.25, 0.3) is 21.3 Å². The van der Waals surface area contributed by atoms with Crippen LogP contribution in [0.5, 0.6) is 0 Å². The van der Waals surface area contributed by atoms with Gasteiger partial charge in [0.25, 0.3) is 0 Å². The van der Waals surface area contributed by atoms with Gasteiger partial charge in [-0.3, -0.25) is 4.79 Å². The van der Waals surface area contributed by atoms with Crippen molar-refractivity contribution in [1.82, 2.24) is 15.0 Å². The largest absolute Gasteiger partial charge is 0.369 e. The van der Waals surface area contributed by atoms with E-state index < -0.39 is 0 Å². The number of benzene rings is 1. The van der Waals surface area contributed by atoms with Crippen LogP contribution in [-0.4, -0.2) is 27.4 Å². The van der Waals surface area contributed by atoms with Crippen LogP contribution in [0.1, 0.15) is 16.9 Å². The van der Waals surface area contributed by atoms with E-state index in [4.69, 9.17) is 11.6 Å². The fraction of sp³-hybridized carbons (Fsp3) is 0.182. The maximum atomic E-state index is 12.2. The van der Waals surface area contributed by atoms with Gasteiger partial charge in [-0.25, -0.2) is 15.0 Å². The molecular formula is C22H20ClN5OS. The maximum absolute atomic E-state index is 12.2. The van der Waals surface area contributed by atoms with Crippen molar-refractivity contribution in [3.05, 3.63) is 64.4 Å². The number of pyridine rings is 1. The zero-order valence-corrected chi connectivity index (χ0v) is 18.1. The first-order chi connectivity index (χ1) is 14.5. The van der Waals surface area contributed by atoms with Crippen LogP contribution in [0.3, 0.4) is 0 Å². The fourth-order valence-corrected chi connectivity index (χ4v) is 4.32. The minimum atomic E-state index is -0.136. The highest BCUT2D eigenvalue weighted by molar-refractivity contribution is 7.19. The van der Waals surface area contributed by atoms with Crippen molar-refractivity contribution in [3.8, 4) is 11.1 Å². The zero-order chi connectivity index (χ0) is 21.1. The molecule has 0 saturated carbocycles. The second-order valence-electron chi connectivity index (χ2n) is 6.89. The Balaban J connectivity index is 1.51. The summed E-state index contributed by atoms with van der Waals surface area (Å²) in [5, 5.41) is 7.58. The van der Waals surface area contributed by atoms with Crippen LogP contribution in [0, 0.1) is 13.8 Å². The Bertz CT molecular complexity index is 1190. The van der Waals surface area contributed by atoms with E-state index in [0.29, 0.717) is 17.4 Å². The Morgan fingerprint density at radius 3 is 2.60 bits per heavy atom. The molecule has 0 spiro atoms. The molecule has 0 unspecified atom stereocenters. The number of nitrogens with zero attached hydrogens (tertiary/aromatic N) is 3. The third kappa shape index (κ3) is 4.42. The number of carbonyl (C=O) groups excluding carboxylic acids is 1. The van der Waals surface area contributed by atoms with Gasteiger partial charge < -0.3 is 10.6 Å². The van der Waals surface area contributed by atoms with Gasteiger partial charge >= 0.3 is 0 Å². The summed E-state index contributed by atoms with van der Waals surface area (Å²) in [6.07, 6.45) is 3.33. The minimum absolute atomic E-state index is 0.136. The lowest BCUT2D eigenvalue weighted by Crippen LogP contribution is -2.17. The average Bonchev–Trinajstić information content (AvgIpc) is 3.07. The molecule has 2 N–H and O–H groups in total.